The second-order valence-electron chi connectivity index (χ2n) is 6.43. The molecular weight excluding hydrogens is 453 g/mol. The standard InChI is InChI=1S/C23H15BrFNO4/c24-15-7-11-17(12-8-15)29-13-20(27)26-21-18-3-1-2-4-19(18)30-23(21)22(28)14-5-9-16(25)10-6-14/h1-12H,13H2,(H,26,27). The molecule has 1 aromatic heterocycles. The van der Waals surface area contributed by atoms with E-state index in [9.17, 15) is 14.0 Å². The Morgan fingerprint density at radius 3 is 2.40 bits per heavy atom. The summed E-state index contributed by atoms with van der Waals surface area (Å²) < 4.78 is 25.3. The van der Waals surface area contributed by atoms with E-state index in [0.29, 0.717) is 16.7 Å². The lowest BCUT2D eigenvalue weighted by atomic mass is 10.1. The summed E-state index contributed by atoms with van der Waals surface area (Å²) in [7, 11) is 0. The highest BCUT2D eigenvalue weighted by Crippen LogP contribution is 2.32. The number of nitrogens with one attached hydrogen (secondary N) is 1. The Balaban J connectivity index is 1.59. The Bertz CT molecular complexity index is 1220. The number of carbonyl (C=O) groups excluding carboxylic acids is 2. The molecule has 4 rings (SSSR count). The zero-order valence-electron chi connectivity index (χ0n) is 15.5. The molecule has 0 fully saturated rings. The number of hydrogen-bond acceptors (Lipinski definition) is 4. The van der Waals surface area contributed by atoms with Gasteiger partial charge in [0, 0.05) is 15.4 Å². The van der Waals surface area contributed by atoms with E-state index in [4.69, 9.17) is 9.15 Å². The van der Waals surface area contributed by atoms with Crippen molar-refractivity contribution in [2.45, 2.75) is 0 Å². The van der Waals surface area contributed by atoms with Crippen molar-refractivity contribution in [2.24, 2.45) is 0 Å². The van der Waals surface area contributed by atoms with E-state index in [-0.39, 0.29) is 23.6 Å². The second kappa shape index (κ2) is 8.51. The predicted octanol–water partition coefficient (Wildman–Crippen LogP) is 5.58. The molecular formula is C23H15BrFNO4. The lowest BCUT2D eigenvalue weighted by Gasteiger charge is -2.08. The van der Waals surface area contributed by atoms with Gasteiger partial charge in [0.15, 0.2) is 12.4 Å². The molecule has 7 heteroatoms. The van der Waals surface area contributed by atoms with Crippen LogP contribution in [0.4, 0.5) is 10.1 Å². The van der Waals surface area contributed by atoms with Crippen molar-refractivity contribution in [2.75, 3.05) is 11.9 Å². The summed E-state index contributed by atoms with van der Waals surface area (Å²) in [5, 5.41) is 3.30. The van der Waals surface area contributed by atoms with Crippen molar-refractivity contribution in [3.8, 4) is 5.75 Å². The first-order valence-electron chi connectivity index (χ1n) is 9.01. The van der Waals surface area contributed by atoms with Crippen LogP contribution in [0.5, 0.6) is 5.75 Å². The number of hydrogen-bond donors (Lipinski definition) is 1. The van der Waals surface area contributed by atoms with Gasteiger partial charge in [0.2, 0.25) is 5.78 Å². The van der Waals surface area contributed by atoms with Crippen molar-refractivity contribution in [1.82, 2.24) is 0 Å². The van der Waals surface area contributed by atoms with Crippen LogP contribution in [-0.4, -0.2) is 18.3 Å². The van der Waals surface area contributed by atoms with Gasteiger partial charge in [-0.05, 0) is 60.7 Å². The monoisotopic (exact) mass is 467 g/mol. The fraction of sp³-hybridized carbons (Fsp3) is 0.0435. The Labute approximate surface area is 179 Å². The molecule has 1 amide bonds. The van der Waals surface area contributed by atoms with E-state index in [1.165, 1.54) is 24.3 Å². The Hall–Kier alpha value is -3.45. The first-order chi connectivity index (χ1) is 14.5. The van der Waals surface area contributed by atoms with Crippen LogP contribution < -0.4 is 10.1 Å². The summed E-state index contributed by atoms with van der Waals surface area (Å²) in [4.78, 5) is 25.4. The first-order valence-corrected chi connectivity index (χ1v) is 9.80. The van der Waals surface area contributed by atoms with Gasteiger partial charge in [-0.3, -0.25) is 9.59 Å². The van der Waals surface area contributed by atoms with Gasteiger partial charge in [0.1, 0.15) is 17.1 Å². The molecule has 1 heterocycles. The molecule has 0 radical (unpaired) electrons. The molecule has 0 aliphatic rings. The number of anilines is 1. The minimum Gasteiger partial charge on any atom is -0.484 e. The van der Waals surface area contributed by atoms with Gasteiger partial charge < -0.3 is 14.5 Å². The molecule has 0 saturated carbocycles. The summed E-state index contributed by atoms with van der Waals surface area (Å²) in [5.41, 5.74) is 0.952. The molecule has 150 valence electrons. The molecule has 30 heavy (non-hydrogen) atoms. The van der Waals surface area contributed by atoms with Crippen LogP contribution in [0.2, 0.25) is 0 Å². The average Bonchev–Trinajstić information content (AvgIpc) is 3.12. The Morgan fingerprint density at radius 1 is 0.967 bits per heavy atom. The van der Waals surface area contributed by atoms with Crippen molar-refractivity contribution in [1.29, 1.82) is 0 Å². The van der Waals surface area contributed by atoms with Crippen LogP contribution in [0, 0.1) is 5.82 Å². The fourth-order valence-corrected chi connectivity index (χ4v) is 3.18. The summed E-state index contributed by atoms with van der Waals surface area (Å²) in [6, 6.07) is 19.2. The average molecular weight is 468 g/mol. The maximum absolute atomic E-state index is 13.2. The minimum atomic E-state index is -0.463. The number of furan rings is 1. The van der Waals surface area contributed by atoms with E-state index >= 15 is 0 Å². The van der Waals surface area contributed by atoms with Gasteiger partial charge in [0.25, 0.3) is 5.91 Å². The summed E-state index contributed by atoms with van der Waals surface area (Å²) >= 11 is 3.33. The molecule has 0 bridgehead atoms. The van der Waals surface area contributed by atoms with Crippen LogP contribution in [0.25, 0.3) is 11.0 Å². The van der Waals surface area contributed by atoms with E-state index in [1.807, 2.05) is 0 Å². The van der Waals surface area contributed by atoms with Crippen LogP contribution in [-0.2, 0) is 4.79 Å². The largest absolute Gasteiger partial charge is 0.484 e. The third kappa shape index (κ3) is 4.26. The molecule has 3 aromatic carbocycles. The second-order valence-corrected chi connectivity index (χ2v) is 7.34. The Kier molecular flexibility index (Phi) is 5.63. The third-order valence-electron chi connectivity index (χ3n) is 4.36. The number of benzene rings is 3. The van der Waals surface area contributed by atoms with Crippen LogP contribution in [0.15, 0.2) is 81.7 Å². The Morgan fingerprint density at radius 2 is 1.67 bits per heavy atom. The van der Waals surface area contributed by atoms with Crippen molar-refractivity contribution >= 4 is 44.3 Å². The fourth-order valence-electron chi connectivity index (χ4n) is 2.92. The number of amides is 1. The number of carbonyl (C=O) groups is 2. The normalized spacial score (nSPS) is 10.7. The first kappa shape index (κ1) is 19.8. The molecule has 1 N–H and O–H groups in total. The number of ether oxygens (including phenoxy) is 1. The van der Waals surface area contributed by atoms with Gasteiger partial charge in [-0.25, -0.2) is 4.39 Å². The molecule has 0 spiro atoms. The number of fused-ring (bicyclic) bond motifs is 1. The highest BCUT2D eigenvalue weighted by atomic mass is 79.9. The maximum atomic E-state index is 13.2. The highest BCUT2D eigenvalue weighted by Gasteiger charge is 2.23. The topological polar surface area (TPSA) is 68.5 Å². The van der Waals surface area contributed by atoms with Gasteiger partial charge in [-0.2, -0.15) is 0 Å². The molecule has 5 nitrogen and oxygen atoms in total. The highest BCUT2D eigenvalue weighted by molar-refractivity contribution is 9.10. The van der Waals surface area contributed by atoms with Crippen molar-refractivity contribution in [3.63, 3.8) is 0 Å². The summed E-state index contributed by atoms with van der Waals surface area (Å²) in [6.45, 7) is -0.245. The molecule has 0 aliphatic carbocycles. The van der Waals surface area contributed by atoms with E-state index in [1.54, 1.807) is 48.5 Å². The van der Waals surface area contributed by atoms with Gasteiger partial charge in [-0.1, -0.05) is 28.1 Å². The SMILES string of the molecule is O=C(COc1ccc(Br)cc1)Nc1c(C(=O)c2ccc(F)cc2)oc2ccccc12. The van der Waals surface area contributed by atoms with Crippen molar-refractivity contribution < 1.29 is 23.1 Å². The smallest absolute Gasteiger partial charge is 0.262 e. The quantitative estimate of drug-likeness (QED) is 0.375. The number of para-hydroxylation sites is 1. The molecule has 0 aliphatic heterocycles. The van der Waals surface area contributed by atoms with Crippen LogP contribution in [0.3, 0.4) is 0 Å². The maximum Gasteiger partial charge on any atom is 0.262 e. The zero-order chi connectivity index (χ0) is 21.1. The minimum absolute atomic E-state index is 0.0280. The van der Waals surface area contributed by atoms with Crippen LogP contribution in [0.1, 0.15) is 16.1 Å². The molecule has 0 atom stereocenters. The number of rotatable bonds is 6. The lowest BCUT2D eigenvalue weighted by Crippen LogP contribution is -2.21. The third-order valence-corrected chi connectivity index (χ3v) is 4.88. The van der Waals surface area contributed by atoms with E-state index in [0.717, 1.165) is 4.47 Å². The number of ketones is 1. The van der Waals surface area contributed by atoms with E-state index < -0.39 is 17.5 Å². The summed E-state index contributed by atoms with van der Waals surface area (Å²) in [5.74, 6) is -0.851. The summed E-state index contributed by atoms with van der Waals surface area (Å²) in [6.07, 6.45) is 0. The lowest BCUT2D eigenvalue weighted by molar-refractivity contribution is -0.118. The molecule has 0 saturated heterocycles. The van der Waals surface area contributed by atoms with Gasteiger partial charge in [0.05, 0.1) is 5.69 Å². The molecule has 0 unspecified atom stereocenters. The van der Waals surface area contributed by atoms with Crippen LogP contribution >= 0.6 is 15.9 Å². The van der Waals surface area contributed by atoms with Crippen molar-refractivity contribution in [3.05, 3.63) is 94.4 Å². The molecule has 4 aromatic rings. The van der Waals surface area contributed by atoms with E-state index in [2.05, 4.69) is 21.2 Å². The van der Waals surface area contributed by atoms with Gasteiger partial charge in [-0.15, -0.1) is 0 Å². The zero-order valence-corrected chi connectivity index (χ0v) is 17.1. The predicted molar refractivity (Wildman–Crippen MR) is 114 cm³/mol. The number of halogens is 2. The van der Waals surface area contributed by atoms with Gasteiger partial charge >= 0.3 is 0 Å².